The first-order valence-electron chi connectivity index (χ1n) is 6.64. The molecule has 0 spiro atoms. The van der Waals surface area contributed by atoms with Crippen LogP contribution in [0.5, 0.6) is 0 Å². The van der Waals surface area contributed by atoms with Crippen molar-refractivity contribution in [3.8, 4) is 0 Å². The lowest BCUT2D eigenvalue weighted by molar-refractivity contribution is -0.00324. The molecule has 4 heteroatoms. The molecule has 3 nitrogen and oxygen atoms in total. The van der Waals surface area contributed by atoms with Gasteiger partial charge >= 0.3 is 0 Å². The largest absolute Gasteiger partial charge is 0.380 e. The molecule has 1 aromatic rings. The first-order chi connectivity index (χ1) is 9.10. The van der Waals surface area contributed by atoms with Crippen LogP contribution in [0.3, 0.4) is 0 Å². The quantitative estimate of drug-likeness (QED) is 0.601. The Balaban J connectivity index is 1.94. The summed E-state index contributed by atoms with van der Waals surface area (Å²) in [5.41, 5.74) is 0.799. The number of ether oxygens (including phenoxy) is 1. The second-order valence-corrected chi connectivity index (χ2v) is 6.45. The van der Waals surface area contributed by atoms with Crippen molar-refractivity contribution in [1.29, 1.82) is 0 Å². The van der Waals surface area contributed by atoms with Gasteiger partial charge in [-0.05, 0) is 53.6 Å². The van der Waals surface area contributed by atoms with Gasteiger partial charge in [0, 0.05) is 22.8 Å². The van der Waals surface area contributed by atoms with Gasteiger partial charge in [-0.25, -0.2) is 0 Å². The third-order valence-electron chi connectivity index (χ3n) is 3.81. The highest BCUT2D eigenvalue weighted by molar-refractivity contribution is 14.1. The van der Waals surface area contributed by atoms with Crippen molar-refractivity contribution >= 4 is 28.4 Å². The van der Waals surface area contributed by atoms with E-state index in [0.29, 0.717) is 12.5 Å². The van der Waals surface area contributed by atoms with E-state index in [9.17, 15) is 4.79 Å². The highest BCUT2D eigenvalue weighted by Crippen LogP contribution is 2.19. The summed E-state index contributed by atoms with van der Waals surface area (Å²) in [6.45, 7) is 4.55. The van der Waals surface area contributed by atoms with Crippen LogP contribution < -0.4 is 0 Å². The molecule has 1 aliphatic rings. The van der Waals surface area contributed by atoms with Gasteiger partial charge < -0.3 is 4.74 Å². The maximum absolute atomic E-state index is 12.2. The smallest absolute Gasteiger partial charge is 0.176 e. The molecule has 0 aromatic heterocycles. The average molecular weight is 373 g/mol. The van der Waals surface area contributed by atoms with Crippen LogP contribution in [0, 0.1) is 9.49 Å². The fourth-order valence-corrected chi connectivity index (χ4v) is 2.84. The lowest BCUT2D eigenvalue weighted by Gasteiger charge is -2.35. The number of rotatable bonds is 4. The Bertz CT molecular complexity index is 432. The number of likely N-dealkylation sites (tertiary alicyclic amines) is 1. The Labute approximate surface area is 128 Å². The van der Waals surface area contributed by atoms with E-state index >= 15 is 0 Å². The second kappa shape index (κ2) is 6.81. The summed E-state index contributed by atoms with van der Waals surface area (Å²) in [7, 11) is 1.76. The molecular weight excluding hydrogens is 353 g/mol. The summed E-state index contributed by atoms with van der Waals surface area (Å²) in [5, 5.41) is 0. The fourth-order valence-electron chi connectivity index (χ4n) is 2.48. The zero-order chi connectivity index (χ0) is 13.8. The Kier molecular flexibility index (Phi) is 5.36. The molecule has 2 atom stereocenters. The van der Waals surface area contributed by atoms with E-state index in [4.69, 9.17) is 4.74 Å². The van der Waals surface area contributed by atoms with Gasteiger partial charge in [-0.15, -0.1) is 0 Å². The molecule has 0 saturated carbocycles. The minimum absolute atomic E-state index is 0.195. The predicted molar refractivity (Wildman–Crippen MR) is 84.5 cm³/mol. The zero-order valence-electron chi connectivity index (χ0n) is 11.4. The monoisotopic (exact) mass is 373 g/mol. The summed E-state index contributed by atoms with van der Waals surface area (Å²) in [6.07, 6.45) is 1.34. The van der Waals surface area contributed by atoms with E-state index in [-0.39, 0.29) is 11.9 Å². The van der Waals surface area contributed by atoms with Crippen LogP contribution in [0.2, 0.25) is 0 Å². The summed E-state index contributed by atoms with van der Waals surface area (Å²) >= 11 is 2.25. The number of ketones is 1. The number of hydrogen-bond donors (Lipinski definition) is 0. The van der Waals surface area contributed by atoms with E-state index < -0.39 is 0 Å². The first kappa shape index (κ1) is 14.9. The third-order valence-corrected chi connectivity index (χ3v) is 4.53. The number of piperidine rings is 1. The molecule has 0 N–H and O–H groups in total. The lowest BCUT2D eigenvalue weighted by atomic mass is 9.95. The van der Waals surface area contributed by atoms with Crippen molar-refractivity contribution in [3.05, 3.63) is 33.4 Å². The topological polar surface area (TPSA) is 29.5 Å². The Morgan fingerprint density at radius 3 is 2.74 bits per heavy atom. The van der Waals surface area contributed by atoms with E-state index in [0.717, 1.165) is 28.6 Å². The van der Waals surface area contributed by atoms with Crippen molar-refractivity contribution < 1.29 is 9.53 Å². The van der Waals surface area contributed by atoms with E-state index in [1.165, 1.54) is 0 Å². The van der Waals surface area contributed by atoms with Gasteiger partial charge in [0.1, 0.15) is 0 Å². The SMILES string of the molecule is COC1CN(CC(=O)c2ccc(I)cc2)CCC1C. The Hall–Kier alpha value is -0.460. The Morgan fingerprint density at radius 2 is 2.11 bits per heavy atom. The molecule has 0 amide bonds. The number of methoxy groups -OCH3 is 1. The van der Waals surface area contributed by atoms with Gasteiger partial charge in [-0.3, -0.25) is 9.69 Å². The maximum atomic E-state index is 12.2. The number of Topliss-reactive ketones (excluding diaryl/α,β-unsaturated/α-hetero) is 1. The molecule has 1 aliphatic heterocycles. The third kappa shape index (κ3) is 4.00. The minimum Gasteiger partial charge on any atom is -0.380 e. The molecule has 2 rings (SSSR count). The molecule has 1 heterocycles. The molecule has 0 aliphatic carbocycles. The van der Waals surface area contributed by atoms with Crippen molar-refractivity contribution in [3.63, 3.8) is 0 Å². The van der Waals surface area contributed by atoms with Crippen LogP contribution in [-0.2, 0) is 4.74 Å². The van der Waals surface area contributed by atoms with Gasteiger partial charge in [-0.2, -0.15) is 0 Å². The van der Waals surface area contributed by atoms with Crippen molar-refractivity contribution in [2.75, 3.05) is 26.7 Å². The molecule has 2 unspecified atom stereocenters. The lowest BCUT2D eigenvalue weighted by Crippen LogP contribution is -2.45. The molecule has 1 fully saturated rings. The second-order valence-electron chi connectivity index (χ2n) is 5.21. The normalized spacial score (nSPS) is 24.4. The highest BCUT2D eigenvalue weighted by Gasteiger charge is 2.27. The van der Waals surface area contributed by atoms with Crippen molar-refractivity contribution in [2.45, 2.75) is 19.4 Å². The van der Waals surface area contributed by atoms with Gasteiger partial charge in [0.05, 0.1) is 12.6 Å². The average Bonchev–Trinajstić information content (AvgIpc) is 2.41. The van der Waals surface area contributed by atoms with Crippen LogP contribution in [0.25, 0.3) is 0 Å². The standard InChI is InChI=1S/C15H20INO2/c1-11-7-8-17(10-15(11)19-2)9-14(18)12-3-5-13(16)6-4-12/h3-6,11,15H,7-10H2,1-2H3. The number of nitrogens with zero attached hydrogens (tertiary/aromatic N) is 1. The van der Waals surface area contributed by atoms with Crippen LogP contribution >= 0.6 is 22.6 Å². The van der Waals surface area contributed by atoms with Crippen molar-refractivity contribution in [2.24, 2.45) is 5.92 Å². The van der Waals surface area contributed by atoms with Gasteiger partial charge in [0.25, 0.3) is 0 Å². The zero-order valence-corrected chi connectivity index (χ0v) is 13.6. The van der Waals surface area contributed by atoms with Gasteiger partial charge in [0.2, 0.25) is 0 Å². The van der Waals surface area contributed by atoms with Crippen LogP contribution in [0.15, 0.2) is 24.3 Å². The molecule has 19 heavy (non-hydrogen) atoms. The maximum Gasteiger partial charge on any atom is 0.176 e. The first-order valence-corrected chi connectivity index (χ1v) is 7.72. The van der Waals surface area contributed by atoms with Gasteiger partial charge in [0.15, 0.2) is 5.78 Å². The van der Waals surface area contributed by atoms with E-state index in [1.807, 2.05) is 24.3 Å². The molecule has 104 valence electrons. The number of carbonyl (C=O) groups is 1. The number of hydrogen-bond acceptors (Lipinski definition) is 3. The molecule has 1 saturated heterocycles. The van der Waals surface area contributed by atoms with Crippen LogP contribution in [0.1, 0.15) is 23.7 Å². The van der Waals surface area contributed by atoms with Crippen molar-refractivity contribution in [1.82, 2.24) is 4.90 Å². The highest BCUT2D eigenvalue weighted by atomic mass is 127. The fraction of sp³-hybridized carbons (Fsp3) is 0.533. The van der Waals surface area contributed by atoms with Gasteiger partial charge in [-0.1, -0.05) is 19.1 Å². The van der Waals surface area contributed by atoms with Crippen LogP contribution in [0.4, 0.5) is 0 Å². The molecule has 0 bridgehead atoms. The summed E-state index contributed by atoms with van der Waals surface area (Å²) < 4.78 is 6.64. The predicted octanol–water partition coefficient (Wildman–Crippen LogP) is 2.83. The number of benzene rings is 1. The van der Waals surface area contributed by atoms with E-state index in [2.05, 4.69) is 34.4 Å². The molecule has 1 aromatic carbocycles. The molecular formula is C15H20INO2. The minimum atomic E-state index is 0.195. The molecule has 0 radical (unpaired) electrons. The summed E-state index contributed by atoms with van der Waals surface area (Å²) in [5.74, 6) is 0.774. The van der Waals surface area contributed by atoms with E-state index in [1.54, 1.807) is 7.11 Å². The summed E-state index contributed by atoms with van der Waals surface area (Å²) in [6, 6.07) is 7.77. The Morgan fingerprint density at radius 1 is 1.42 bits per heavy atom. The number of halogens is 1. The van der Waals surface area contributed by atoms with Crippen LogP contribution in [-0.4, -0.2) is 43.5 Å². The number of carbonyl (C=O) groups excluding carboxylic acids is 1. The summed E-state index contributed by atoms with van der Waals surface area (Å²) in [4.78, 5) is 14.4.